The average molecular weight is 259 g/mol. The van der Waals surface area contributed by atoms with Gasteiger partial charge in [0, 0.05) is 38.3 Å². The molecule has 94 valence electrons. The molecule has 5 nitrogen and oxygen atoms in total. The van der Waals surface area contributed by atoms with Crippen LogP contribution in [0.15, 0.2) is 23.1 Å². The summed E-state index contributed by atoms with van der Waals surface area (Å²) in [5.41, 5.74) is 0.202. The third-order valence-corrected chi connectivity index (χ3v) is 2.41. The molecule has 0 aliphatic rings. The predicted octanol–water partition coefficient (Wildman–Crippen LogP) is 0.702. The molecule has 1 aromatic rings. The van der Waals surface area contributed by atoms with Gasteiger partial charge in [0.25, 0.3) is 5.91 Å². The highest BCUT2D eigenvalue weighted by atomic mass is 35.5. The molecule has 17 heavy (non-hydrogen) atoms. The molecule has 0 aromatic carbocycles. The van der Waals surface area contributed by atoms with Crippen LogP contribution in [0.1, 0.15) is 10.4 Å². The van der Waals surface area contributed by atoms with E-state index in [0.717, 1.165) is 0 Å². The zero-order chi connectivity index (χ0) is 12.7. The maximum Gasteiger partial charge on any atom is 0.255 e. The van der Waals surface area contributed by atoms with Crippen molar-refractivity contribution in [3.8, 4) is 0 Å². The highest BCUT2D eigenvalue weighted by Gasteiger charge is 2.14. The number of aromatic nitrogens is 1. The first kappa shape index (κ1) is 13.7. The van der Waals surface area contributed by atoms with E-state index in [0.29, 0.717) is 31.1 Å². The van der Waals surface area contributed by atoms with Gasteiger partial charge in [-0.2, -0.15) is 0 Å². The van der Waals surface area contributed by atoms with E-state index in [1.165, 1.54) is 18.3 Å². The van der Waals surface area contributed by atoms with Crippen molar-refractivity contribution in [2.24, 2.45) is 0 Å². The van der Waals surface area contributed by atoms with Gasteiger partial charge in [-0.1, -0.05) is 0 Å². The summed E-state index contributed by atoms with van der Waals surface area (Å²) in [7, 11) is 1.57. The molecule has 0 radical (unpaired) electrons. The second-order valence-corrected chi connectivity index (χ2v) is 3.79. The van der Waals surface area contributed by atoms with E-state index in [4.69, 9.17) is 16.3 Å². The molecule has 0 atom stereocenters. The fraction of sp³-hybridized carbons (Fsp3) is 0.455. The van der Waals surface area contributed by atoms with Crippen LogP contribution >= 0.6 is 11.6 Å². The molecule has 0 unspecified atom stereocenters. The molecule has 0 aliphatic carbocycles. The van der Waals surface area contributed by atoms with Crippen LogP contribution in [-0.4, -0.2) is 48.5 Å². The Labute approximate surface area is 104 Å². The second kappa shape index (κ2) is 7.09. The van der Waals surface area contributed by atoms with E-state index in [-0.39, 0.29) is 11.5 Å². The number of alkyl halides is 1. The molecular formula is C11H15ClN2O3. The van der Waals surface area contributed by atoms with Crippen LogP contribution in [0, 0.1) is 0 Å². The highest BCUT2D eigenvalue weighted by molar-refractivity contribution is 6.18. The third-order valence-electron chi connectivity index (χ3n) is 2.24. The Kier molecular flexibility index (Phi) is 5.72. The number of amides is 1. The van der Waals surface area contributed by atoms with Crippen molar-refractivity contribution in [1.82, 2.24) is 9.88 Å². The van der Waals surface area contributed by atoms with Gasteiger partial charge in [-0.05, 0) is 6.07 Å². The Hall–Kier alpha value is -1.33. The Morgan fingerprint density at radius 1 is 1.47 bits per heavy atom. The molecule has 0 aliphatic heterocycles. The number of halogens is 1. The van der Waals surface area contributed by atoms with Crippen LogP contribution in [0.4, 0.5) is 0 Å². The van der Waals surface area contributed by atoms with Crippen LogP contribution in [-0.2, 0) is 4.74 Å². The molecule has 6 heteroatoms. The van der Waals surface area contributed by atoms with Crippen molar-refractivity contribution in [3.05, 3.63) is 34.2 Å². The lowest BCUT2D eigenvalue weighted by Crippen LogP contribution is -2.35. The van der Waals surface area contributed by atoms with Gasteiger partial charge in [-0.25, -0.2) is 0 Å². The Morgan fingerprint density at radius 2 is 2.24 bits per heavy atom. The molecule has 0 fully saturated rings. The van der Waals surface area contributed by atoms with Gasteiger partial charge in [0.05, 0.1) is 12.2 Å². The van der Waals surface area contributed by atoms with Crippen LogP contribution in [0.2, 0.25) is 0 Å². The Morgan fingerprint density at radius 3 is 2.76 bits per heavy atom. The number of rotatable bonds is 6. The molecule has 1 amide bonds. The maximum absolute atomic E-state index is 12.0. The Balaban J connectivity index is 2.75. The number of hydrogen-bond donors (Lipinski definition) is 1. The molecule has 0 saturated heterocycles. The van der Waals surface area contributed by atoms with Crippen molar-refractivity contribution in [2.45, 2.75) is 0 Å². The standard InChI is InChI=1S/C11H15ClN2O3/c1-17-7-6-14(5-4-12)11(16)9-2-3-10(15)13-8-9/h2-3,8H,4-7H2,1H3,(H,13,15). The van der Waals surface area contributed by atoms with Crippen LogP contribution < -0.4 is 5.56 Å². The molecule has 1 heterocycles. The zero-order valence-electron chi connectivity index (χ0n) is 9.61. The second-order valence-electron chi connectivity index (χ2n) is 3.42. The van der Waals surface area contributed by atoms with Crippen molar-refractivity contribution in [3.63, 3.8) is 0 Å². The number of carbonyl (C=O) groups excluding carboxylic acids is 1. The summed E-state index contributed by atoms with van der Waals surface area (Å²) in [5.74, 6) is 0.192. The molecule has 0 spiro atoms. The van der Waals surface area contributed by atoms with Crippen molar-refractivity contribution in [1.29, 1.82) is 0 Å². The number of nitrogens with zero attached hydrogens (tertiary/aromatic N) is 1. The van der Waals surface area contributed by atoms with E-state index < -0.39 is 0 Å². The smallest absolute Gasteiger partial charge is 0.255 e. The van der Waals surface area contributed by atoms with E-state index in [1.807, 2.05) is 0 Å². The first-order valence-electron chi connectivity index (χ1n) is 5.22. The van der Waals surface area contributed by atoms with Crippen molar-refractivity contribution in [2.75, 3.05) is 32.7 Å². The first-order chi connectivity index (χ1) is 8.19. The van der Waals surface area contributed by atoms with E-state index >= 15 is 0 Å². The molecule has 1 rings (SSSR count). The minimum Gasteiger partial charge on any atom is -0.383 e. The van der Waals surface area contributed by atoms with E-state index in [9.17, 15) is 9.59 Å². The number of ether oxygens (including phenoxy) is 1. The fourth-order valence-corrected chi connectivity index (χ4v) is 1.55. The summed E-state index contributed by atoms with van der Waals surface area (Å²) < 4.78 is 4.93. The number of hydrogen-bond acceptors (Lipinski definition) is 3. The minimum atomic E-state index is -0.234. The molecule has 0 bridgehead atoms. The number of nitrogens with one attached hydrogen (secondary N) is 1. The van der Waals surface area contributed by atoms with Gasteiger partial charge in [0.1, 0.15) is 0 Å². The normalized spacial score (nSPS) is 10.2. The average Bonchev–Trinajstić information content (AvgIpc) is 2.34. The lowest BCUT2D eigenvalue weighted by molar-refractivity contribution is 0.0707. The molecule has 1 N–H and O–H groups in total. The van der Waals surface area contributed by atoms with Gasteiger partial charge in [-0.3, -0.25) is 9.59 Å². The topological polar surface area (TPSA) is 62.4 Å². The van der Waals surface area contributed by atoms with Gasteiger partial charge in [-0.15, -0.1) is 11.6 Å². The highest BCUT2D eigenvalue weighted by Crippen LogP contribution is 2.02. The van der Waals surface area contributed by atoms with Gasteiger partial charge in [0.15, 0.2) is 0 Å². The van der Waals surface area contributed by atoms with Gasteiger partial charge in [0.2, 0.25) is 5.56 Å². The lowest BCUT2D eigenvalue weighted by atomic mass is 10.2. The SMILES string of the molecule is COCCN(CCCl)C(=O)c1ccc(=O)[nH]c1. The molecule has 1 aromatic heterocycles. The molecule has 0 saturated carbocycles. The van der Waals surface area contributed by atoms with Crippen LogP contribution in [0.3, 0.4) is 0 Å². The Bertz CT molecular complexity index is 399. The minimum absolute atomic E-state index is 0.168. The number of pyridine rings is 1. The summed E-state index contributed by atoms with van der Waals surface area (Å²) >= 11 is 5.64. The summed E-state index contributed by atoms with van der Waals surface area (Å²) in [6, 6.07) is 2.82. The van der Waals surface area contributed by atoms with Gasteiger partial charge < -0.3 is 14.6 Å². The largest absolute Gasteiger partial charge is 0.383 e. The van der Waals surface area contributed by atoms with Crippen LogP contribution in [0.25, 0.3) is 0 Å². The monoisotopic (exact) mass is 258 g/mol. The lowest BCUT2D eigenvalue weighted by Gasteiger charge is -2.21. The van der Waals surface area contributed by atoms with E-state index in [1.54, 1.807) is 12.0 Å². The van der Waals surface area contributed by atoms with E-state index in [2.05, 4.69) is 4.98 Å². The zero-order valence-corrected chi connectivity index (χ0v) is 10.4. The predicted molar refractivity (Wildman–Crippen MR) is 65.6 cm³/mol. The third kappa shape index (κ3) is 4.20. The first-order valence-corrected chi connectivity index (χ1v) is 5.75. The van der Waals surface area contributed by atoms with Crippen LogP contribution in [0.5, 0.6) is 0 Å². The summed E-state index contributed by atoms with van der Waals surface area (Å²) in [5, 5.41) is 0. The quantitative estimate of drug-likeness (QED) is 0.764. The molecular weight excluding hydrogens is 244 g/mol. The summed E-state index contributed by atoms with van der Waals surface area (Å²) in [6.45, 7) is 1.37. The number of carbonyl (C=O) groups is 1. The summed E-state index contributed by atoms with van der Waals surface area (Å²) in [6.07, 6.45) is 1.40. The fourth-order valence-electron chi connectivity index (χ4n) is 1.34. The van der Waals surface area contributed by atoms with Crippen molar-refractivity contribution >= 4 is 17.5 Å². The van der Waals surface area contributed by atoms with Gasteiger partial charge >= 0.3 is 0 Å². The van der Waals surface area contributed by atoms with Crippen molar-refractivity contribution < 1.29 is 9.53 Å². The number of methoxy groups -OCH3 is 1. The maximum atomic E-state index is 12.0. The number of H-pyrrole nitrogens is 1. The summed E-state index contributed by atoms with van der Waals surface area (Å²) in [4.78, 5) is 27.0. The number of aromatic amines is 1.